The van der Waals surface area contributed by atoms with Gasteiger partial charge in [0.25, 0.3) is 5.91 Å². The van der Waals surface area contributed by atoms with Crippen molar-refractivity contribution in [3.8, 4) is 17.2 Å². The fourth-order valence-electron chi connectivity index (χ4n) is 2.88. The number of aryl methyl sites for hydroxylation is 2. The second-order valence-corrected chi connectivity index (χ2v) is 8.27. The first kappa shape index (κ1) is 25.0. The number of carbonyl (C=O) groups excluding carboxylic acids is 2. The van der Waals surface area contributed by atoms with E-state index in [0.717, 1.165) is 15.6 Å². The first-order valence-electron chi connectivity index (χ1n) is 10.6. The van der Waals surface area contributed by atoms with E-state index in [1.807, 2.05) is 39.0 Å². The molecule has 0 saturated carbocycles. The summed E-state index contributed by atoms with van der Waals surface area (Å²) < 4.78 is 17.2. The number of nitrogens with one attached hydrogen (secondary N) is 1. The highest BCUT2D eigenvalue weighted by Gasteiger charge is 2.12. The first-order valence-corrected chi connectivity index (χ1v) is 11.4. The van der Waals surface area contributed by atoms with Crippen LogP contribution in [0, 0.1) is 13.8 Å². The minimum absolute atomic E-state index is 0.183. The van der Waals surface area contributed by atoms with Crippen LogP contribution in [0.3, 0.4) is 0 Å². The van der Waals surface area contributed by atoms with Gasteiger partial charge < -0.3 is 14.2 Å². The molecule has 176 valence electrons. The molecule has 0 atom stereocenters. The molecule has 0 aliphatic rings. The lowest BCUT2D eigenvalue weighted by atomic mass is 10.1. The highest BCUT2D eigenvalue weighted by atomic mass is 79.9. The number of ether oxygens (including phenoxy) is 3. The lowest BCUT2D eigenvalue weighted by Gasteiger charge is -2.09. The van der Waals surface area contributed by atoms with Crippen LogP contribution in [-0.4, -0.2) is 31.3 Å². The SMILES string of the molecule is CCOc1ccc(C(=O)Oc2ccc(Br)cc2/C=N/NC(=O)COc2ccc(C)c(C)c2)cc1. The maximum absolute atomic E-state index is 12.6. The van der Waals surface area contributed by atoms with Gasteiger partial charge in [-0.3, -0.25) is 4.79 Å². The Morgan fingerprint density at radius 1 is 0.941 bits per heavy atom. The average Bonchev–Trinajstić information content (AvgIpc) is 2.82. The number of hydrazone groups is 1. The Morgan fingerprint density at radius 3 is 2.38 bits per heavy atom. The zero-order valence-electron chi connectivity index (χ0n) is 19.1. The fourth-order valence-corrected chi connectivity index (χ4v) is 3.26. The molecule has 0 unspecified atom stereocenters. The predicted octanol–water partition coefficient (Wildman–Crippen LogP) is 5.21. The molecule has 0 spiro atoms. The van der Waals surface area contributed by atoms with E-state index in [-0.39, 0.29) is 6.61 Å². The minimum atomic E-state index is -0.522. The molecule has 0 aliphatic carbocycles. The van der Waals surface area contributed by atoms with Gasteiger partial charge in [-0.05, 0) is 86.5 Å². The van der Waals surface area contributed by atoms with Gasteiger partial charge in [-0.15, -0.1) is 0 Å². The summed E-state index contributed by atoms with van der Waals surface area (Å²) in [5.74, 6) is 0.639. The molecule has 0 aromatic heterocycles. The zero-order valence-corrected chi connectivity index (χ0v) is 20.7. The van der Waals surface area contributed by atoms with Crippen LogP contribution >= 0.6 is 15.9 Å². The molecule has 0 saturated heterocycles. The molecule has 0 aliphatic heterocycles. The second kappa shape index (κ2) is 12.0. The molecule has 3 aromatic rings. The molecule has 0 radical (unpaired) electrons. The van der Waals surface area contributed by atoms with Crippen molar-refractivity contribution in [2.24, 2.45) is 5.10 Å². The van der Waals surface area contributed by atoms with Gasteiger partial charge in [-0.25, -0.2) is 10.2 Å². The van der Waals surface area contributed by atoms with E-state index in [2.05, 4.69) is 26.5 Å². The van der Waals surface area contributed by atoms with Gasteiger partial charge in [0.2, 0.25) is 0 Å². The van der Waals surface area contributed by atoms with Gasteiger partial charge in [-0.2, -0.15) is 5.10 Å². The molecule has 1 N–H and O–H groups in total. The van der Waals surface area contributed by atoms with Crippen LogP contribution in [0.5, 0.6) is 17.2 Å². The molecule has 0 fully saturated rings. The van der Waals surface area contributed by atoms with Gasteiger partial charge in [0.15, 0.2) is 6.61 Å². The van der Waals surface area contributed by atoms with E-state index < -0.39 is 11.9 Å². The van der Waals surface area contributed by atoms with Gasteiger partial charge in [0.1, 0.15) is 17.2 Å². The molecular formula is C26H25BrN2O5. The Balaban J connectivity index is 1.60. The molecule has 0 bridgehead atoms. The van der Waals surface area contributed by atoms with Crippen molar-refractivity contribution in [1.29, 1.82) is 0 Å². The summed E-state index contributed by atoms with van der Waals surface area (Å²) in [7, 11) is 0. The van der Waals surface area contributed by atoms with Crippen LogP contribution in [0.15, 0.2) is 70.2 Å². The molecule has 0 heterocycles. The summed E-state index contributed by atoms with van der Waals surface area (Å²) in [6, 6.07) is 17.4. The summed E-state index contributed by atoms with van der Waals surface area (Å²) in [6.07, 6.45) is 1.40. The van der Waals surface area contributed by atoms with Crippen molar-refractivity contribution < 1.29 is 23.8 Å². The summed E-state index contributed by atoms with van der Waals surface area (Å²) in [5.41, 5.74) is 5.53. The minimum Gasteiger partial charge on any atom is -0.494 e. The Bertz CT molecular complexity index is 1190. The quantitative estimate of drug-likeness (QED) is 0.179. The molecule has 1 amide bonds. The number of benzene rings is 3. The normalized spacial score (nSPS) is 10.7. The number of rotatable bonds is 9. The first-order chi connectivity index (χ1) is 16.4. The van der Waals surface area contributed by atoms with Crippen molar-refractivity contribution in [3.63, 3.8) is 0 Å². The van der Waals surface area contributed by atoms with Crippen LogP contribution in [0.2, 0.25) is 0 Å². The van der Waals surface area contributed by atoms with Gasteiger partial charge in [0.05, 0.1) is 18.4 Å². The number of hydrogen-bond acceptors (Lipinski definition) is 6. The topological polar surface area (TPSA) is 86.2 Å². The maximum atomic E-state index is 12.6. The molecule has 34 heavy (non-hydrogen) atoms. The van der Waals surface area contributed by atoms with Gasteiger partial charge in [0, 0.05) is 10.0 Å². The van der Waals surface area contributed by atoms with Crippen LogP contribution in [0.1, 0.15) is 34.0 Å². The van der Waals surface area contributed by atoms with E-state index in [0.29, 0.717) is 35.0 Å². The molecule has 3 rings (SSSR count). The summed E-state index contributed by atoms with van der Waals surface area (Å²) >= 11 is 3.39. The molecule has 7 nitrogen and oxygen atoms in total. The van der Waals surface area contributed by atoms with Crippen molar-refractivity contribution in [3.05, 3.63) is 87.4 Å². The number of amides is 1. The number of halogens is 1. The smallest absolute Gasteiger partial charge is 0.343 e. The van der Waals surface area contributed by atoms with Crippen LogP contribution in [-0.2, 0) is 4.79 Å². The predicted molar refractivity (Wildman–Crippen MR) is 134 cm³/mol. The van der Waals surface area contributed by atoms with E-state index >= 15 is 0 Å². The third kappa shape index (κ3) is 7.18. The van der Waals surface area contributed by atoms with Gasteiger partial charge in [-0.1, -0.05) is 22.0 Å². The Hall–Kier alpha value is -3.65. The highest BCUT2D eigenvalue weighted by Crippen LogP contribution is 2.23. The second-order valence-electron chi connectivity index (χ2n) is 7.36. The third-order valence-corrected chi connectivity index (χ3v) is 5.31. The fraction of sp³-hybridized carbons (Fsp3) is 0.192. The highest BCUT2D eigenvalue weighted by molar-refractivity contribution is 9.10. The Morgan fingerprint density at radius 2 is 1.68 bits per heavy atom. The van der Waals surface area contributed by atoms with Crippen LogP contribution in [0.25, 0.3) is 0 Å². The van der Waals surface area contributed by atoms with Crippen molar-refractivity contribution in [1.82, 2.24) is 5.43 Å². The third-order valence-electron chi connectivity index (χ3n) is 4.82. The van der Waals surface area contributed by atoms with Crippen molar-refractivity contribution in [2.75, 3.05) is 13.2 Å². The number of nitrogens with zero attached hydrogens (tertiary/aromatic N) is 1. The van der Waals surface area contributed by atoms with Crippen molar-refractivity contribution in [2.45, 2.75) is 20.8 Å². The standard InChI is InChI=1S/C26H25BrN2O5/c1-4-32-22-10-6-19(7-11-22)26(31)34-24-12-8-21(27)14-20(24)15-28-29-25(30)16-33-23-9-5-17(2)18(3)13-23/h5-15H,4,16H2,1-3H3,(H,29,30)/b28-15+. The number of esters is 1. The average molecular weight is 525 g/mol. The molecular weight excluding hydrogens is 500 g/mol. The van der Waals surface area contributed by atoms with Gasteiger partial charge >= 0.3 is 5.97 Å². The van der Waals surface area contributed by atoms with E-state index in [4.69, 9.17) is 14.2 Å². The van der Waals surface area contributed by atoms with E-state index in [1.54, 1.807) is 42.5 Å². The Kier molecular flexibility index (Phi) is 8.81. The summed E-state index contributed by atoms with van der Waals surface area (Å²) in [5, 5.41) is 3.97. The lowest BCUT2D eigenvalue weighted by Crippen LogP contribution is -2.24. The van der Waals surface area contributed by atoms with Crippen LogP contribution in [0.4, 0.5) is 0 Å². The van der Waals surface area contributed by atoms with E-state index in [9.17, 15) is 9.59 Å². The largest absolute Gasteiger partial charge is 0.494 e. The maximum Gasteiger partial charge on any atom is 0.343 e. The number of hydrogen-bond donors (Lipinski definition) is 1. The van der Waals surface area contributed by atoms with Crippen LogP contribution < -0.4 is 19.6 Å². The van der Waals surface area contributed by atoms with Crippen molar-refractivity contribution >= 4 is 34.0 Å². The Labute approximate surface area is 206 Å². The summed E-state index contributed by atoms with van der Waals surface area (Å²) in [4.78, 5) is 24.7. The molecule has 8 heteroatoms. The zero-order chi connectivity index (χ0) is 24.5. The molecule has 3 aromatic carbocycles. The lowest BCUT2D eigenvalue weighted by molar-refractivity contribution is -0.123. The van der Waals surface area contributed by atoms with E-state index in [1.165, 1.54) is 6.21 Å². The number of carbonyl (C=O) groups is 2. The monoisotopic (exact) mass is 524 g/mol. The summed E-state index contributed by atoms with van der Waals surface area (Å²) in [6.45, 7) is 6.23.